The summed E-state index contributed by atoms with van der Waals surface area (Å²) in [5.41, 5.74) is 1.96. The number of hydrogen-bond donors (Lipinski definition) is 1. The Bertz CT molecular complexity index is 596. The maximum absolute atomic E-state index is 12.4. The molecular weight excluding hydrogens is 318 g/mol. The van der Waals surface area contributed by atoms with Crippen molar-refractivity contribution in [3.05, 3.63) is 29.8 Å². The van der Waals surface area contributed by atoms with Crippen molar-refractivity contribution in [1.29, 1.82) is 0 Å². The van der Waals surface area contributed by atoms with E-state index in [1.165, 1.54) is 0 Å². The highest BCUT2D eigenvalue weighted by molar-refractivity contribution is 5.95. The van der Waals surface area contributed by atoms with Crippen LogP contribution in [0.15, 0.2) is 24.3 Å². The molecule has 0 aromatic heterocycles. The summed E-state index contributed by atoms with van der Waals surface area (Å²) in [6.07, 6.45) is 3.84. The lowest BCUT2D eigenvalue weighted by Gasteiger charge is -2.24. The van der Waals surface area contributed by atoms with Crippen molar-refractivity contribution in [2.75, 3.05) is 31.1 Å². The third-order valence-electron chi connectivity index (χ3n) is 4.88. The van der Waals surface area contributed by atoms with Crippen LogP contribution in [-0.4, -0.2) is 49.2 Å². The zero-order valence-electron chi connectivity index (χ0n) is 14.9. The Morgan fingerprint density at radius 2 is 2.12 bits per heavy atom. The van der Waals surface area contributed by atoms with E-state index in [-0.39, 0.29) is 18.0 Å². The molecule has 0 radical (unpaired) electrons. The van der Waals surface area contributed by atoms with Gasteiger partial charge in [0.2, 0.25) is 5.91 Å². The normalized spacial score (nSPS) is 20.1. The molecule has 0 unspecified atom stereocenters. The largest absolute Gasteiger partial charge is 0.376 e. The van der Waals surface area contributed by atoms with Gasteiger partial charge in [-0.2, -0.15) is 0 Å². The average Bonchev–Trinajstić information content (AvgIpc) is 3.29. The van der Waals surface area contributed by atoms with Crippen LogP contribution in [0.1, 0.15) is 38.2 Å². The lowest BCUT2D eigenvalue weighted by Crippen LogP contribution is -2.43. The van der Waals surface area contributed by atoms with E-state index in [9.17, 15) is 9.59 Å². The molecule has 1 atom stereocenters. The van der Waals surface area contributed by atoms with Crippen molar-refractivity contribution >= 4 is 17.6 Å². The van der Waals surface area contributed by atoms with Gasteiger partial charge >= 0.3 is 6.03 Å². The number of anilines is 1. The predicted molar refractivity (Wildman–Crippen MR) is 96.5 cm³/mol. The van der Waals surface area contributed by atoms with Gasteiger partial charge in [-0.25, -0.2) is 4.79 Å². The molecule has 1 aromatic carbocycles. The van der Waals surface area contributed by atoms with Crippen LogP contribution in [0.4, 0.5) is 10.5 Å². The van der Waals surface area contributed by atoms with Crippen LogP contribution in [0.25, 0.3) is 0 Å². The number of hydrogen-bond acceptors (Lipinski definition) is 3. The number of carbonyl (C=O) groups is 2. The molecule has 6 heteroatoms. The van der Waals surface area contributed by atoms with Crippen molar-refractivity contribution < 1.29 is 14.3 Å². The summed E-state index contributed by atoms with van der Waals surface area (Å²) in [4.78, 5) is 27.8. The molecule has 0 aliphatic carbocycles. The minimum absolute atomic E-state index is 0.0585. The lowest BCUT2D eigenvalue weighted by molar-refractivity contribution is -0.117. The standard InChI is InChI=1S/C19H27N3O3/c1-2-21(14-17-5-4-12-25-17)19(24)20-13-15-7-9-16(10-8-15)22-11-3-6-18(22)23/h7-10,17H,2-6,11-14H2,1H3,(H,20,24)/t17-/m1/s1. The molecule has 2 saturated heterocycles. The van der Waals surface area contributed by atoms with Crippen molar-refractivity contribution in [3.8, 4) is 0 Å². The lowest BCUT2D eigenvalue weighted by atomic mass is 10.2. The highest BCUT2D eigenvalue weighted by Crippen LogP contribution is 2.21. The third-order valence-corrected chi connectivity index (χ3v) is 4.88. The highest BCUT2D eigenvalue weighted by Gasteiger charge is 2.22. The van der Waals surface area contributed by atoms with Crippen LogP contribution < -0.4 is 10.2 Å². The number of nitrogens with one attached hydrogen (secondary N) is 1. The van der Waals surface area contributed by atoms with Gasteiger partial charge in [0.25, 0.3) is 0 Å². The van der Waals surface area contributed by atoms with Crippen LogP contribution >= 0.6 is 0 Å². The number of carbonyl (C=O) groups excluding carboxylic acids is 2. The van der Waals surface area contributed by atoms with Gasteiger partial charge in [-0.1, -0.05) is 12.1 Å². The maximum Gasteiger partial charge on any atom is 0.317 e. The predicted octanol–water partition coefficient (Wildman–Crippen LogP) is 2.52. The zero-order valence-corrected chi connectivity index (χ0v) is 14.9. The number of nitrogens with zero attached hydrogens (tertiary/aromatic N) is 2. The van der Waals surface area contributed by atoms with Crippen molar-refractivity contribution in [3.63, 3.8) is 0 Å². The summed E-state index contributed by atoms with van der Waals surface area (Å²) < 4.78 is 5.61. The Hall–Kier alpha value is -2.08. The molecule has 25 heavy (non-hydrogen) atoms. The van der Waals surface area contributed by atoms with Crippen LogP contribution in [0.3, 0.4) is 0 Å². The summed E-state index contributed by atoms with van der Waals surface area (Å²) in [7, 11) is 0. The molecule has 3 rings (SSSR count). The minimum atomic E-state index is -0.0585. The fourth-order valence-corrected chi connectivity index (χ4v) is 3.39. The van der Waals surface area contributed by atoms with E-state index < -0.39 is 0 Å². The Morgan fingerprint density at radius 1 is 1.32 bits per heavy atom. The van der Waals surface area contributed by atoms with Gasteiger partial charge < -0.3 is 19.9 Å². The fourth-order valence-electron chi connectivity index (χ4n) is 3.39. The molecule has 2 aliphatic heterocycles. The monoisotopic (exact) mass is 345 g/mol. The van der Waals surface area contributed by atoms with Gasteiger partial charge in [0.05, 0.1) is 6.10 Å². The summed E-state index contributed by atoms with van der Waals surface area (Å²) in [6, 6.07) is 7.79. The van der Waals surface area contributed by atoms with Crippen LogP contribution in [0, 0.1) is 0 Å². The number of ether oxygens (including phenoxy) is 1. The van der Waals surface area contributed by atoms with Gasteiger partial charge in [-0.05, 0) is 43.9 Å². The molecule has 1 aromatic rings. The highest BCUT2D eigenvalue weighted by atomic mass is 16.5. The molecule has 2 fully saturated rings. The molecule has 0 saturated carbocycles. The second-order valence-electron chi connectivity index (χ2n) is 6.65. The second kappa shape index (κ2) is 8.34. The molecule has 0 bridgehead atoms. The first-order chi connectivity index (χ1) is 12.2. The zero-order chi connectivity index (χ0) is 17.6. The number of likely N-dealkylation sites (N-methyl/N-ethyl adjacent to an activating group) is 1. The molecule has 3 amide bonds. The van der Waals surface area contributed by atoms with Gasteiger partial charge in [0.15, 0.2) is 0 Å². The minimum Gasteiger partial charge on any atom is -0.376 e. The third kappa shape index (κ3) is 4.51. The van der Waals surface area contributed by atoms with E-state index in [1.54, 1.807) is 4.90 Å². The molecule has 136 valence electrons. The van der Waals surface area contributed by atoms with Gasteiger partial charge in [-0.15, -0.1) is 0 Å². The van der Waals surface area contributed by atoms with E-state index in [1.807, 2.05) is 36.1 Å². The molecule has 6 nitrogen and oxygen atoms in total. The summed E-state index contributed by atoms with van der Waals surface area (Å²) in [5.74, 6) is 0.189. The van der Waals surface area contributed by atoms with E-state index in [0.717, 1.165) is 43.7 Å². The molecular formula is C19H27N3O3. The first kappa shape index (κ1) is 17.7. The van der Waals surface area contributed by atoms with Gasteiger partial charge in [0.1, 0.15) is 0 Å². The van der Waals surface area contributed by atoms with E-state index in [0.29, 0.717) is 26.1 Å². The van der Waals surface area contributed by atoms with Crippen molar-refractivity contribution in [2.24, 2.45) is 0 Å². The number of benzene rings is 1. The number of rotatable bonds is 6. The molecule has 2 aliphatic rings. The van der Waals surface area contributed by atoms with Crippen LogP contribution in [0.5, 0.6) is 0 Å². The van der Waals surface area contributed by atoms with E-state index in [4.69, 9.17) is 4.74 Å². The van der Waals surface area contributed by atoms with Gasteiger partial charge in [0, 0.05) is 44.9 Å². The van der Waals surface area contributed by atoms with Crippen molar-refractivity contribution in [2.45, 2.75) is 45.3 Å². The summed E-state index contributed by atoms with van der Waals surface area (Å²) in [6.45, 7) is 5.38. The maximum atomic E-state index is 12.4. The molecule has 0 spiro atoms. The second-order valence-corrected chi connectivity index (χ2v) is 6.65. The quantitative estimate of drug-likeness (QED) is 0.862. The fraction of sp³-hybridized carbons (Fsp3) is 0.579. The number of amides is 3. The van der Waals surface area contributed by atoms with Crippen LogP contribution in [-0.2, 0) is 16.1 Å². The SMILES string of the molecule is CCN(C[C@H]1CCCO1)C(=O)NCc1ccc(N2CCCC2=O)cc1. The summed E-state index contributed by atoms with van der Waals surface area (Å²) >= 11 is 0. The van der Waals surface area contributed by atoms with Gasteiger partial charge in [-0.3, -0.25) is 4.79 Å². The first-order valence-electron chi connectivity index (χ1n) is 9.21. The molecule has 1 N–H and O–H groups in total. The Balaban J connectivity index is 1.50. The first-order valence-corrected chi connectivity index (χ1v) is 9.21. The Kier molecular flexibility index (Phi) is 5.91. The molecule has 2 heterocycles. The Labute approximate surface area is 149 Å². The average molecular weight is 345 g/mol. The van der Waals surface area contributed by atoms with E-state index >= 15 is 0 Å². The van der Waals surface area contributed by atoms with Crippen molar-refractivity contribution in [1.82, 2.24) is 10.2 Å². The topological polar surface area (TPSA) is 61.9 Å². The smallest absolute Gasteiger partial charge is 0.317 e. The van der Waals surface area contributed by atoms with Crippen LogP contribution in [0.2, 0.25) is 0 Å². The number of urea groups is 1. The summed E-state index contributed by atoms with van der Waals surface area (Å²) in [5, 5.41) is 2.97. The van der Waals surface area contributed by atoms with E-state index in [2.05, 4.69) is 5.32 Å². The Morgan fingerprint density at radius 3 is 2.72 bits per heavy atom.